The molecule has 0 amide bonds. The second-order valence-electron chi connectivity index (χ2n) is 4.72. The highest BCUT2D eigenvalue weighted by Gasteiger charge is 2.00. The van der Waals surface area contributed by atoms with E-state index in [2.05, 4.69) is 37.2 Å². The van der Waals surface area contributed by atoms with Crippen molar-refractivity contribution < 1.29 is 9.53 Å². The molecule has 6 heteroatoms. The molecule has 0 aliphatic carbocycles. The Morgan fingerprint density at radius 2 is 2.10 bits per heavy atom. The van der Waals surface area contributed by atoms with Gasteiger partial charge < -0.3 is 15.4 Å². The lowest BCUT2D eigenvalue weighted by molar-refractivity contribution is -0.140. The molecular weight excluding hydrogens is 286 g/mol. The van der Waals surface area contributed by atoms with Crippen molar-refractivity contribution in [1.29, 1.82) is 0 Å². The number of rotatable bonds is 9. The van der Waals surface area contributed by atoms with Crippen LogP contribution in [0, 0.1) is 0 Å². The fourth-order valence-corrected chi connectivity index (χ4v) is 2.52. The van der Waals surface area contributed by atoms with Crippen molar-refractivity contribution in [2.24, 2.45) is 4.99 Å². The van der Waals surface area contributed by atoms with Gasteiger partial charge in [0.05, 0.1) is 7.11 Å². The molecule has 1 aromatic heterocycles. The molecule has 0 aliphatic rings. The van der Waals surface area contributed by atoms with Gasteiger partial charge in [0, 0.05) is 26.6 Å². The number of hydrogen-bond donors (Lipinski definition) is 2. The van der Waals surface area contributed by atoms with Crippen LogP contribution in [0.2, 0.25) is 0 Å². The van der Waals surface area contributed by atoms with E-state index in [-0.39, 0.29) is 5.97 Å². The average molecular weight is 311 g/mol. The van der Waals surface area contributed by atoms with Crippen LogP contribution in [0.25, 0.3) is 0 Å². The number of nitrogens with one attached hydrogen (secondary N) is 2. The Kier molecular flexibility index (Phi) is 9.28. The second kappa shape index (κ2) is 11.1. The fraction of sp³-hybridized carbons (Fsp3) is 0.600. The van der Waals surface area contributed by atoms with E-state index in [1.807, 2.05) is 0 Å². The Bertz CT molecular complexity index is 419. The minimum atomic E-state index is -0.119. The summed E-state index contributed by atoms with van der Waals surface area (Å²) in [4.78, 5) is 15.1. The van der Waals surface area contributed by atoms with Crippen LogP contribution >= 0.6 is 11.3 Å². The van der Waals surface area contributed by atoms with Crippen molar-refractivity contribution in [2.45, 2.75) is 38.6 Å². The quantitative estimate of drug-likeness (QED) is 0.318. The lowest BCUT2D eigenvalue weighted by atomic mass is 10.1. The third kappa shape index (κ3) is 8.34. The van der Waals surface area contributed by atoms with Crippen molar-refractivity contribution in [3.63, 3.8) is 0 Å². The first-order valence-electron chi connectivity index (χ1n) is 7.28. The van der Waals surface area contributed by atoms with Crippen LogP contribution in [0.4, 0.5) is 0 Å². The predicted molar refractivity (Wildman–Crippen MR) is 87.6 cm³/mol. The number of unbranched alkanes of at least 4 members (excludes halogenated alkanes) is 3. The highest BCUT2D eigenvalue weighted by Crippen LogP contribution is 2.05. The Morgan fingerprint density at radius 1 is 1.29 bits per heavy atom. The molecule has 5 nitrogen and oxygen atoms in total. The molecule has 2 N–H and O–H groups in total. The van der Waals surface area contributed by atoms with Crippen molar-refractivity contribution in [3.05, 3.63) is 22.4 Å². The summed E-state index contributed by atoms with van der Waals surface area (Å²) in [6.07, 6.45) is 4.65. The molecule has 0 aliphatic heterocycles. The maximum atomic E-state index is 10.9. The zero-order chi connectivity index (χ0) is 15.3. The van der Waals surface area contributed by atoms with Crippen LogP contribution in [0.15, 0.2) is 21.8 Å². The molecule has 0 fully saturated rings. The van der Waals surface area contributed by atoms with E-state index < -0.39 is 0 Å². The van der Waals surface area contributed by atoms with Crippen molar-refractivity contribution in [1.82, 2.24) is 10.6 Å². The number of guanidine groups is 1. The normalized spacial score (nSPS) is 11.2. The van der Waals surface area contributed by atoms with Crippen LogP contribution in [-0.4, -0.2) is 32.6 Å². The molecule has 0 radical (unpaired) electrons. The fourth-order valence-electron chi connectivity index (χ4n) is 1.86. The number of carbonyl (C=O) groups is 1. The van der Waals surface area contributed by atoms with Gasteiger partial charge in [-0.1, -0.05) is 12.8 Å². The van der Waals surface area contributed by atoms with E-state index in [0.717, 1.165) is 44.7 Å². The van der Waals surface area contributed by atoms with E-state index >= 15 is 0 Å². The van der Waals surface area contributed by atoms with Crippen molar-refractivity contribution in [3.8, 4) is 0 Å². The summed E-state index contributed by atoms with van der Waals surface area (Å²) in [6, 6.07) is 2.10. The maximum Gasteiger partial charge on any atom is 0.305 e. The van der Waals surface area contributed by atoms with Crippen LogP contribution in [0.5, 0.6) is 0 Å². The van der Waals surface area contributed by atoms with Gasteiger partial charge in [-0.25, -0.2) is 0 Å². The van der Waals surface area contributed by atoms with Gasteiger partial charge in [-0.05, 0) is 35.2 Å². The lowest BCUT2D eigenvalue weighted by Crippen LogP contribution is -2.37. The second-order valence-corrected chi connectivity index (χ2v) is 5.50. The predicted octanol–water partition coefficient (Wildman–Crippen LogP) is 2.54. The molecule has 0 bridgehead atoms. The van der Waals surface area contributed by atoms with Crippen LogP contribution < -0.4 is 10.6 Å². The molecule has 0 aromatic carbocycles. The Morgan fingerprint density at radius 3 is 2.76 bits per heavy atom. The largest absolute Gasteiger partial charge is 0.469 e. The summed E-state index contributed by atoms with van der Waals surface area (Å²) >= 11 is 1.70. The highest BCUT2D eigenvalue weighted by molar-refractivity contribution is 7.07. The molecule has 0 spiro atoms. The summed E-state index contributed by atoms with van der Waals surface area (Å²) < 4.78 is 4.61. The Labute approximate surface area is 130 Å². The van der Waals surface area contributed by atoms with E-state index in [1.54, 1.807) is 18.4 Å². The molecule has 118 valence electrons. The van der Waals surface area contributed by atoms with Gasteiger partial charge in [-0.15, -0.1) is 0 Å². The van der Waals surface area contributed by atoms with Crippen molar-refractivity contribution in [2.75, 3.05) is 20.7 Å². The first-order chi connectivity index (χ1) is 10.3. The summed E-state index contributed by atoms with van der Waals surface area (Å²) in [5.41, 5.74) is 1.27. The minimum Gasteiger partial charge on any atom is -0.469 e. The number of methoxy groups -OCH3 is 1. The summed E-state index contributed by atoms with van der Waals surface area (Å²) in [5.74, 6) is 0.710. The standard InChI is InChI=1S/C15H25N3O2S/c1-16-15(18-11-13-8-10-21-12-13)17-9-6-4-3-5-7-14(19)20-2/h8,10,12H,3-7,9,11H2,1-2H3,(H2,16,17,18). The molecule has 1 rings (SSSR count). The van der Waals surface area contributed by atoms with E-state index in [0.29, 0.717) is 6.42 Å². The number of ether oxygens (including phenoxy) is 1. The van der Waals surface area contributed by atoms with Crippen LogP contribution in [-0.2, 0) is 16.1 Å². The number of nitrogens with zero attached hydrogens (tertiary/aromatic N) is 1. The van der Waals surface area contributed by atoms with E-state index in [4.69, 9.17) is 0 Å². The zero-order valence-corrected chi connectivity index (χ0v) is 13.7. The SMILES string of the molecule is CN=C(NCCCCCCC(=O)OC)NCc1ccsc1. The topological polar surface area (TPSA) is 62.7 Å². The molecule has 21 heavy (non-hydrogen) atoms. The maximum absolute atomic E-state index is 10.9. The lowest BCUT2D eigenvalue weighted by Gasteiger charge is -2.11. The van der Waals surface area contributed by atoms with Gasteiger partial charge in [-0.2, -0.15) is 11.3 Å². The first kappa shape index (κ1) is 17.5. The Balaban J connectivity index is 2.01. The number of thiophene rings is 1. The van der Waals surface area contributed by atoms with E-state index in [1.165, 1.54) is 12.7 Å². The number of esters is 1. The highest BCUT2D eigenvalue weighted by atomic mass is 32.1. The van der Waals surface area contributed by atoms with Gasteiger partial charge >= 0.3 is 5.97 Å². The van der Waals surface area contributed by atoms with Gasteiger partial charge in [0.2, 0.25) is 0 Å². The third-order valence-corrected chi connectivity index (χ3v) is 3.82. The molecular formula is C15H25N3O2S. The third-order valence-electron chi connectivity index (χ3n) is 3.09. The summed E-state index contributed by atoms with van der Waals surface area (Å²) in [5, 5.41) is 10.8. The molecule has 0 saturated carbocycles. The molecule has 1 aromatic rings. The smallest absolute Gasteiger partial charge is 0.305 e. The van der Waals surface area contributed by atoms with Crippen molar-refractivity contribution >= 4 is 23.3 Å². The van der Waals surface area contributed by atoms with Gasteiger partial charge in [0.25, 0.3) is 0 Å². The molecule has 0 saturated heterocycles. The minimum absolute atomic E-state index is 0.119. The Hall–Kier alpha value is -1.56. The van der Waals surface area contributed by atoms with Crippen LogP contribution in [0.3, 0.4) is 0 Å². The average Bonchev–Trinajstić information content (AvgIpc) is 3.02. The van der Waals surface area contributed by atoms with Gasteiger partial charge in [-0.3, -0.25) is 9.79 Å². The first-order valence-corrected chi connectivity index (χ1v) is 8.23. The summed E-state index contributed by atoms with van der Waals surface area (Å²) in [6.45, 7) is 1.68. The zero-order valence-electron chi connectivity index (χ0n) is 12.9. The summed E-state index contributed by atoms with van der Waals surface area (Å²) in [7, 11) is 3.21. The van der Waals surface area contributed by atoms with E-state index in [9.17, 15) is 4.79 Å². The molecule has 0 unspecified atom stereocenters. The number of carbonyl (C=O) groups excluding carboxylic acids is 1. The molecule has 1 heterocycles. The van der Waals surface area contributed by atoms with Gasteiger partial charge in [0.1, 0.15) is 0 Å². The molecule has 0 atom stereocenters. The van der Waals surface area contributed by atoms with Crippen LogP contribution in [0.1, 0.15) is 37.7 Å². The number of aliphatic imine (C=N–C) groups is 1. The van der Waals surface area contributed by atoms with Gasteiger partial charge in [0.15, 0.2) is 5.96 Å². The number of hydrogen-bond acceptors (Lipinski definition) is 4. The monoisotopic (exact) mass is 311 g/mol.